The van der Waals surface area contributed by atoms with Gasteiger partial charge in [-0.3, -0.25) is 0 Å². The van der Waals surface area contributed by atoms with Gasteiger partial charge >= 0.3 is 0 Å². The van der Waals surface area contributed by atoms with Crippen LogP contribution in [0.1, 0.15) is 11.1 Å². The molecule has 0 saturated heterocycles. The fraction of sp³-hybridized carbons (Fsp3) is 0. The predicted molar refractivity (Wildman–Crippen MR) is 185 cm³/mol. The van der Waals surface area contributed by atoms with E-state index in [1.54, 1.807) is 6.07 Å². The molecule has 2 heterocycles. The number of benzene rings is 6. The zero-order valence-corrected chi connectivity index (χ0v) is 25.0. The molecule has 0 radical (unpaired) electrons. The van der Waals surface area contributed by atoms with Crippen molar-refractivity contribution in [3.8, 4) is 63.1 Å². The average molecular weight is 601 g/mol. The monoisotopic (exact) mass is 600 g/mol. The Hall–Kier alpha value is -6.89. The molecule has 47 heavy (non-hydrogen) atoms. The molecular weight excluding hydrogens is 576 g/mol. The van der Waals surface area contributed by atoms with Crippen molar-refractivity contribution < 1.29 is 0 Å². The average Bonchev–Trinajstić information content (AvgIpc) is 3.49. The minimum Gasteiger partial charge on any atom is -0.308 e. The van der Waals surface area contributed by atoms with E-state index in [-0.39, 0.29) is 0 Å². The van der Waals surface area contributed by atoms with E-state index in [1.807, 2.05) is 97.1 Å². The normalized spacial score (nSPS) is 10.9. The number of nitriles is 2. The molecule has 0 spiro atoms. The van der Waals surface area contributed by atoms with Crippen molar-refractivity contribution in [2.45, 2.75) is 0 Å². The molecule has 2 aromatic heterocycles. The van der Waals surface area contributed by atoms with Crippen molar-refractivity contribution >= 4 is 21.8 Å². The first-order valence-electron chi connectivity index (χ1n) is 15.2. The van der Waals surface area contributed by atoms with E-state index in [2.05, 4.69) is 59.2 Å². The number of nitrogens with zero attached hydrogens (tertiary/aromatic N) is 6. The summed E-state index contributed by atoms with van der Waals surface area (Å²) in [6, 6.07) is 52.3. The van der Waals surface area contributed by atoms with Gasteiger partial charge in [-0.2, -0.15) is 10.5 Å². The molecule has 0 aliphatic carbocycles. The summed E-state index contributed by atoms with van der Waals surface area (Å²) in [5.41, 5.74) is 8.22. The van der Waals surface area contributed by atoms with Crippen LogP contribution in [0.25, 0.3) is 72.8 Å². The Morgan fingerprint density at radius 2 is 1.04 bits per heavy atom. The molecule has 0 aliphatic heterocycles. The second kappa shape index (κ2) is 11.6. The van der Waals surface area contributed by atoms with Crippen LogP contribution in [0.15, 0.2) is 146 Å². The fourth-order valence-corrected chi connectivity index (χ4v) is 6.14. The molecule has 8 aromatic rings. The summed E-state index contributed by atoms with van der Waals surface area (Å²) in [7, 11) is 0. The van der Waals surface area contributed by atoms with Crippen molar-refractivity contribution in [1.82, 2.24) is 19.5 Å². The van der Waals surface area contributed by atoms with Gasteiger partial charge < -0.3 is 4.57 Å². The van der Waals surface area contributed by atoms with Gasteiger partial charge in [-0.25, -0.2) is 15.0 Å². The predicted octanol–water partition coefficient (Wildman–Crippen LogP) is 9.38. The summed E-state index contributed by atoms with van der Waals surface area (Å²) in [6.45, 7) is 0. The van der Waals surface area contributed by atoms with Gasteiger partial charge in [-0.15, -0.1) is 0 Å². The Labute approximate surface area is 271 Å². The highest BCUT2D eigenvalue weighted by Gasteiger charge is 2.21. The van der Waals surface area contributed by atoms with Crippen LogP contribution in [0, 0.1) is 22.7 Å². The molecule has 0 saturated carbocycles. The van der Waals surface area contributed by atoms with Gasteiger partial charge in [-0.1, -0.05) is 97.1 Å². The zero-order chi connectivity index (χ0) is 31.7. The first-order valence-corrected chi connectivity index (χ1v) is 15.2. The highest BCUT2D eigenvalue weighted by Crippen LogP contribution is 2.38. The molecule has 218 valence electrons. The van der Waals surface area contributed by atoms with Crippen LogP contribution in [-0.2, 0) is 0 Å². The third kappa shape index (κ3) is 4.88. The molecule has 0 unspecified atom stereocenters. The topological polar surface area (TPSA) is 91.2 Å². The molecule has 0 amide bonds. The van der Waals surface area contributed by atoms with Crippen LogP contribution < -0.4 is 0 Å². The fourth-order valence-electron chi connectivity index (χ4n) is 6.14. The number of hydrogen-bond donors (Lipinski definition) is 0. The van der Waals surface area contributed by atoms with Crippen molar-refractivity contribution in [3.05, 3.63) is 157 Å². The Bertz CT molecular complexity index is 2500. The van der Waals surface area contributed by atoms with Crippen LogP contribution in [0.5, 0.6) is 0 Å². The van der Waals surface area contributed by atoms with E-state index in [0.29, 0.717) is 34.2 Å². The molecule has 6 heteroatoms. The van der Waals surface area contributed by atoms with Crippen molar-refractivity contribution in [2.24, 2.45) is 0 Å². The number of aromatic nitrogens is 4. The minimum atomic E-state index is 0.421. The molecule has 0 atom stereocenters. The number of hydrogen-bond acceptors (Lipinski definition) is 5. The molecule has 0 fully saturated rings. The maximum atomic E-state index is 9.95. The largest absolute Gasteiger partial charge is 0.308 e. The zero-order valence-electron chi connectivity index (χ0n) is 25.0. The number of fused-ring (bicyclic) bond motifs is 3. The van der Waals surface area contributed by atoms with Crippen molar-refractivity contribution in [3.63, 3.8) is 0 Å². The molecule has 0 aliphatic rings. The molecule has 8 rings (SSSR count). The maximum absolute atomic E-state index is 9.95. The van der Waals surface area contributed by atoms with E-state index >= 15 is 0 Å². The van der Waals surface area contributed by atoms with E-state index < -0.39 is 0 Å². The molecule has 6 aromatic carbocycles. The second-order valence-electron chi connectivity index (χ2n) is 11.1. The summed E-state index contributed by atoms with van der Waals surface area (Å²) in [5, 5.41) is 21.8. The van der Waals surface area contributed by atoms with Gasteiger partial charge in [-0.05, 0) is 59.7 Å². The lowest BCUT2D eigenvalue weighted by molar-refractivity contribution is 1.06. The highest BCUT2D eigenvalue weighted by atomic mass is 15.1. The third-order valence-electron chi connectivity index (χ3n) is 8.34. The first-order chi connectivity index (χ1) is 23.2. The molecular formula is C41H24N6. The number of rotatable bonds is 5. The van der Waals surface area contributed by atoms with Crippen LogP contribution in [-0.4, -0.2) is 19.5 Å². The van der Waals surface area contributed by atoms with Gasteiger partial charge in [0.2, 0.25) is 0 Å². The Balaban J connectivity index is 1.46. The maximum Gasteiger partial charge on any atom is 0.166 e. The summed E-state index contributed by atoms with van der Waals surface area (Å²) < 4.78 is 2.26. The Kier molecular flexibility index (Phi) is 6.80. The van der Waals surface area contributed by atoms with Crippen LogP contribution in [0.4, 0.5) is 0 Å². The minimum absolute atomic E-state index is 0.421. The summed E-state index contributed by atoms with van der Waals surface area (Å²) in [6.07, 6.45) is 0. The van der Waals surface area contributed by atoms with Gasteiger partial charge in [0.15, 0.2) is 17.5 Å². The highest BCUT2D eigenvalue weighted by molar-refractivity contribution is 6.09. The summed E-state index contributed by atoms with van der Waals surface area (Å²) in [5.74, 6) is 1.41. The van der Waals surface area contributed by atoms with E-state index in [1.165, 1.54) is 0 Å². The third-order valence-corrected chi connectivity index (χ3v) is 8.34. The van der Waals surface area contributed by atoms with Crippen LogP contribution in [0.2, 0.25) is 0 Å². The first kappa shape index (κ1) is 27.6. The lowest BCUT2D eigenvalue weighted by Crippen LogP contribution is -2.04. The van der Waals surface area contributed by atoms with Crippen LogP contribution >= 0.6 is 0 Å². The Morgan fingerprint density at radius 3 is 1.77 bits per heavy atom. The SMILES string of the molecule is N#Cc1cccc(-c2ccc(-c3nc(-c4ccccc4)nc(-c4ccccc4C#N)n3)c(-n3c4ccccc4c4ccccc43)c2)c1. The van der Waals surface area contributed by atoms with Crippen molar-refractivity contribution in [2.75, 3.05) is 0 Å². The standard InChI is InChI=1S/C41H24N6/c42-25-27-11-10-15-29(23-27)30-21-22-35(38(24-30)47-36-19-8-6-17-33(36)34-18-7-9-20-37(34)47)41-45-39(28-12-2-1-3-13-28)44-40(46-41)32-16-5-4-14-31(32)26-43/h1-24H. The van der Waals surface area contributed by atoms with Gasteiger partial charge in [0.25, 0.3) is 0 Å². The van der Waals surface area contributed by atoms with Crippen LogP contribution in [0.3, 0.4) is 0 Å². The Morgan fingerprint density at radius 1 is 0.447 bits per heavy atom. The van der Waals surface area contributed by atoms with Gasteiger partial charge in [0.05, 0.1) is 40.0 Å². The molecule has 0 bridgehead atoms. The summed E-state index contributed by atoms with van der Waals surface area (Å²) >= 11 is 0. The lowest BCUT2D eigenvalue weighted by Gasteiger charge is -2.16. The lowest BCUT2D eigenvalue weighted by atomic mass is 10.00. The van der Waals surface area contributed by atoms with E-state index in [0.717, 1.165) is 49.7 Å². The second-order valence-corrected chi connectivity index (χ2v) is 11.1. The van der Waals surface area contributed by atoms with Crippen molar-refractivity contribution in [1.29, 1.82) is 10.5 Å². The van der Waals surface area contributed by atoms with Gasteiger partial charge in [0, 0.05) is 27.5 Å². The smallest absolute Gasteiger partial charge is 0.166 e. The van der Waals surface area contributed by atoms with E-state index in [4.69, 9.17) is 15.0 Å². The number of para-hydroxylation sites is 2. The van der Waals surface area contributed by atoms with Gasteiger partial charge in [0.1, 0.15) is 0 Å². The quantitative estimate of drug-likeness (QED) is 0.196. The van der Waals surface area contributed by atoms with E-state index in [9.17, 15) is 10.5 Å². The molecule has 6 nitrogen and oxygen atoms in total. The summed E-state index contributed by atoms with van der Waals surface area (Å²) in [4.78, 5) is 15.0. The molecule has 0 N–H and O–H groups in total.